The number of unbranched alkanes of at least 4 members (excludes halogenated alkanes) is 2. The topological polar surface area (TPSA) is 70.6 Å². The molecule has 0 amide bonds. The summed E-state index contributed by atoms with van der Waals surface area (Å²) in [6, 6.07) is 0. The second-order valence-corrected chi connectivity index (χ2v) is 3.15. The Morgan fingerprint density at radius 1 is 1.31 bits per heavy atom. The Balaban J connectivity index is 3.00. The summed E-state index contributed by atoms with van der Waals surface area (Å²) in [6.45, 7) is 4.30. The van der Waals surface area contributed by atoms with E-state index in [-0.39, 0.29) is 0 Å². The molecule has 0 aliphatic heterocycles. The number of hydrogen-bond acceptors (Lipinski definition) is 3. The van der Waals surface area contributed by atoms with Crippen molar-refractivity contribution < 1.29 is 5.21 Å². The van der Waals surface area contributed by atoms with E-state index in [0.29, 0.717) is 12.3 Å². The summed E-state index contributed by atoms with van der Waals surface area (Å²) in [5.41, 5.74) is 5.31. The highest BCUT2D eigenvalue weighted by Crippen LogP contribution is 1.93. The van der Waals surface area contributed by atoms with E-state index in [1.165, 1.54) is 12.8 Å². The number of amidine groups is 1. The van der Waals surface area contributed by atoms with Gasteiger partial charge in [0.25, 0.3) is 0 Å². The van der Waals surface area contributed by atoms with Gasteiger partial charge in [0.2, 0.25) is 0 Å². The minimum atomic E-state index is 0.327. The van der Waals surface area contributed by atoms with Crippen LogP contribution in [0.2, 0.25) is 0 Å². The Kier molecular flexibility index (Phi) is 8.77. The van der Waals surface area contributed by atoms with Gasteiger partial charge in [-0.1, -0.05) is 18.5 Å². The van der Waals surface area contributed by atoms with Gasteiger partial charge in [-0.3, -0.25) is 0 Å². The predicted octanol–water partition coefficient (Wildman–Crippen LogP) is 1.29. The van der Waals surface area contributed by atoms with Gasteiger partial charge in [-0.2, -0.15) is 0 Å². The number of nitrogens with zero attached hydrogens (tertiary/aromatic N) is 1. The standard InChI is InChI=1S/C9H21N3O/c1-2-3-7-11-8-5-4-6-9(10)12-13/h11,13H,2-8H2,1H3,(H2,10,12). The molecule has 13 heavy (non-hydrogen) atoms. The van der Waals surface area contributed by atoms with Crippen LogP contribution in [0.3, 0.4) is 0 Å². The second-order valence-electron chi connectivity index (χ2n) is 3.15. The highest BCUT2D eigenvalue weighted by atomic mass is 16.4. The SMILES string of the molecule is CCCCNCCCCC(N)=NO. The molecule has 0 saturated heterocycles. The van der Waals surface area contributed by atoms with Crippen molar-refractivity contribution in [3.63, 3.8) is 0 Å². The van der Waals surface area contributed by atoms with Crippen LogP contribution in [-0.2, 0) is 0 Å². The molecule has 0 bridgehead atoms. The van der Waals surface area contributed by atoms with Gasteiger partial charge in [-0.25, -0.2) is 0 Å². The zero-order chi connectivity index (χ0) is 9.94. The molecule has 0 unspecified atom stereocenters. The number of oxime groups is 1. The van der Waals surface area contributed by atoms with Crippen molar-refractivity contribution in [3.05, 3.63) is 0 Å². The molecule has 0 aromatic carbocycles. The van der Waals surface area contributed by atoms with Crippen molar-refractivity contribution in [3.8, 4) is 0 Å². The van der Waals surface area contributed by atoms with Crippen LogP contribution in [0.1, 0.15) is 39.0 Å². The molecule has 0 heterocycles. The first-order valence-corrected chi connectivity index (χ1v) is 4.98. The highest BCUT2D eigenvalue weighted by Gasteiger charge is 1.93. The summed E-state index contributed by atoms with van der Waals surface area (Å²) in [6.07, 6.45) is 5.22. The van der Waals surface area contributed by atoms with Crippen molar-refractivity contribution in [2.45, 2.75) is 39.0 Å². The summed E-state index contributed by atoms with van der Waals surface area (Å²) in [5.74, 6) is 0.327. The largest absolute Gasteiger partial charge is 0.409 e. The Morgan fingerprint density at radius 2 is 2.00 bits per heavy atom. The molecule has 0 radical (unpaired) electrons. The van der Waals surface area contributed by atoms with Gasteiger partial charge in [-0.05, 0) is 32.4 Å². The third-order valence-corrected chi connectivity index (χ3v) is 1.87. The van der Waals surface area contributed by atoms with E-state index in [9.17, 15) is 0 Å². The Labute approximate surface area is 80.2 Å². The van der Waals surface area contributed by atoms with Gasteiger partial charge in [0.1, 0.15) is 5.84 Å². The lowest BCUT2D eigenvalue weighted by Gasteiger charge is -2.02. The van der Waals surface area contributed by atoms with Crippen molar-refractivity contribution in [1.29, 1.82) is 0 Å². The molecule has 4 nitrogen and oxygen atoms in total. The molecular weight excluding hydrogens is 166 g/mol. The summed E-state index contributed by atoms with van der Waals surface area (Å²) >= 11 is 0. The molecule has 0 spiro atoms. The number of rotatable bonds is 8. The molecular formula is C9H21N3O. The highest BCUT2D eigenvalue weighted by molar-refractivity contribution is 5.79. The quantitative estimate of drug-likeness (QED) is 0.176. The van der Waals surface area contributed by atoms with Crippen LogP contribution in [0.25, 0.3) is 0 Å². The van der Waals surface area contributed by atoms with Crippen LogP contribution in [0.4, 0.5) is 0 Å². The van der Waals surface area contributed by atoms with E-state index in [1.54, 1.807) is 0 Å². The van der Waals surface area contributed by atoms with Crippen LogP contribution < -0.4 is 11.1 Å². The zero-order valence-corrected chi connectivity index (χ0v) is 8.42. The first-order chi connectivity index (χ1) is 6.31. The fourth-order valence-corrected chi connectivity index (χ4v) is 1.03. The fourth-order valence-electron chi connectivity index (χ4n) is 1.03. The summed E-state index contributed by atoms with van der Waals surface area (Å²) in [7, 11) is 0. The van der Waals surface area contributed by atoms with Gasteiger partial charge >= 0.3 is 0 Å². The summed E-state index contributed by atoms with van der Waals surface area (Å²) in [4.78, 5) is 0. The minimum Gasteiger partial charge on any atom is -0.409 e. The van der Waals surface area contributed by atoms with E-state index in [1.807, 2.05) is 0 Å². The van der Waals surface area contributed by atoms with Crippen LogP contribution in [0.15, 0.2) is 5.16 Å². The molecule has 0 aromatic heterocycles. The van der Waals surface area contributed by atoms with E-state index >= 15 is 0 Å². The Hall–Kier alpha value is -0.770. The molecule has 4 heteroatoms. The lowest BCUT2D eigenvalue weighted by atomic mass is 10.2. The first-order valence-electron chi connectivity index (χ1n) is 4.98. The Bertz CT molecular complexity index is 137. The molecule has 0 aromatic rings. The van der Waals surface area contributed by atoms with Gasteiger partial charge in [0, 0.05) is 6.42 Å². The molecule has 0 aliphatic carbocycles. The van der Waals surface area contributed by atoms with Crippen LogP contribution >= 0.6 is 0 Å². The van der Waals surface area contributed by atoms with Gasteiger partial charge in [0.15, 0.2) is 0 Å². The van der Waals surface area contributed by atoms with E-state index in [0.717, 1.165) is 25.9 Å². The maximum absolute atomic E-state index is 8.25. The van der Waals surface area contributed by atoms with Gasteiger partial charge in [0.05, 0.1) is 0 Å². The molecule has 0 fully saturated rings. The molecule has 0 aliphatic rings. The summed E-state index contributed by atoms with van der Waals surface area (Å²) < 4.78 is 0. The first kappa shape index (κ1) is 12.2. The number of nitrogens with two attached hydrogens (primary N) is 1. The molecule has 0 rings (SSSR count). The summed E-state index contributed by atoms with van der Waals surface area (Å²) in [5, 5.41) is 14.5. The van der Waals surface area contributed by atoms with Crippen LogP contribution in [0, 0.1) is 0 Å². The molecule has 4 N–H and O–H groups in total. The smallest absolute Gasteiger partial charge is 0.139 e. The van der Waals surface area contributed by atoms with Gasteiger partial charge in [-0.15, -0.1) is 0 Å². The minimum absolute atomic E-state index is 0.327. The maximum atomic E-state index is 8.25. The third-order valence-electron chi connectivity index (χ3n) is 1.87. The van der Waals surface area contributed by atoms with E-state index in [4.69, 9.17) is 10.9 Å². The van der Waals surface area contributed by atoms with Crippen molar-refractivity contribution in [2.75, 3.05) is 13.1 Å². The average Bonchev–Trinajstić information content (AvgIpc) is 2.16. The molecule has 78 valence electrons. The number of hydrogen-bond donors (Lipinski definition) is 3. The fraction of sp³-hybridized carbons (Fsp3) is 0.889. The number of nitrogens with one attached hydrogen (secondary N) is 1. The normalized spacial score (nSPS) is 11.9. The van der Waals surface area contributed by atoms with Crippen molar-refractivity contribution in [1.82, 2.24) is 5.32 Å². The second kappa shape index (κ2) is 9.32. The van der Waals surface area contributed by atoms with E-state index in [2.05, 4.69) is 17.4 Å². The van der Waals surface area contributed by atoms with Crippen molar-refractivity contribution >= 4 is 5.84 Å². The maximum Gasteiger partial charge on any atom is 0.139 e. The predicted molar refractivity (Wildman–Crippen MR) is 55.0 cm³/mol. The Morgan fingerprint density at radius 3 is 2.62 bits per heavy atom. The van der Waals surface area contributed by atoms with Crippen LogP contribution in [-0.4, -0.2) is 24.1 Å². The average molecular weight is 187 g/mol. The van der Waals surface area contributed by atoms with Gasteiger partial charge < -0.3 is 16.3 Å². The van der Waals surface area contributed by atoms with Crippen LogP contribution in [0.5, 0.6) is 0 Å². The van der Waals surface area contributed by atoms with E-state index < -0.39 is 0 Å². The third kappa shape index (κ3) is 9.14. The van der Waals surface area contributed by atoms with Crippen molar-refractivity contribution in [2.24, 2.45) is 10.9 Å². The molecule has 0 saturated carbocycles. The zero-order valence-electron chi connectivity index (χ0n) is 8.42. The molecule has 0 atom stereocenters. The monoisotopic (exact) mass is 187 g/mol. The lowest BCUT2D eigenvalue weighted by Crippen LogP contribution is -2.17. The lowest BCUT2D eigenvalue weighted by molar-refractivity contribution is 0.316.